The zero-order valence-corrected chi connectivity index (χ0v) is 16.9. The Morgan fingerprint density at radius 3 is 2.71 bits per heavy atom. The summed E-state index contributed by atoms with van der Waals surface area (Å²) in [7, 11) is -2.51. The van der Waals surface area contributed by atoms with Crippen molar-refractivity contribution in [1.29, 1.82) is 0 Å². The number of rotatable bonds is 6. The Bertz CT molecular complexity index is 1400. The lowest BCUT2D eigenvalue weighted by molar-refractivity contribution is 0.552. The highest BCUT2D eigenvalue weighted by atomic mass is 32.2. The van der Waals surface area contributed by atoms with Crippen LogP contribution >= 0.6 is 0 Å². The number of aromatic nitrogens is 4. The molecule has 0 saturated heterocycles. The van der Waals surface area contributed by atoms with Gasteiger partial charge in [-0.05, 0) is 36.4 Å². The number of halogens is 2. The quantitative estimate of drug-likeness (QED) is 0.389. The number of hydrogen-bond acceptors (Lipinski definition) is 7. The number of benzene rings is 2. The Kier molecular flexibility index (Phi) is 5.34. The average molecular weight is 442 g/mol. The number of sulfone groups is 1. The molecular formula is C20H16F2N6O2S. The molecule has 3 N–H and O–H groups in total. The lowest BCUT2D eigenvalue weighted by atomic mass is 10.2. The van der Waals surface area contributed by atoms with Gasteiger partial charge in [-0.2, -0.15) is 10.1 Å². The molecule has 0 saturated carbocycles. The fourth-order valence-electron chi connectivity index (χ4n) is 2.87. The first-order valence-electron chi connectivity index (χ1n) is 8.99. The van der Waals surface area contributed by atoms with Crippen molar-refractivity contribution in [2.45, 2.75) is 4.90 Å². The van der Waals surface area contributed by atoms with Crippen molar-refractivity contribution < 1.29 is 17.2 Å². The van der Waals surface area contributed by atoms with Crippen LogP contribution in [0.4, 0.5) is 26.2 Å². The molecule has 4 rings (SSSR count). The maximum Gasteiger partial charge on any atom is 0.229 e. The molecule has 0 unspecified atom stereocenters. The highest BCUT2D eigenvalue weighted by Crippen LogP contribution is 2.23. The molecular weight excluding hydrogens is 426 g/mol. The molecule has 2 aromatic carbocycles. The van der Waals surface area contributed by atoms with Crippen LogP contribution in [-0.2, 0) is 9.84 Å². The van der Waals surface area contributed by atoms with Crippen LogP contribution in [0.3, 0.4) is 0 Å². The van der Waals surface area contributed by atoms with Crippen LogP contribution < -0.4 is 10.6 Å². The van der Waals surface area contributed by atoms with Crippen molar-refractivity contribution in [2.75, 3.05) is 17.7 Å². The van der Waals surface area contributed by atoms with E-state index < -0.39 is 26.4 Å². The highest BCUT2D eigenvalue weighted by Gasteiger charge is 2.17. The topological polar surface area (TPSA) is 113 Å². The molecule has 8 nitrogen and oxygen atoms in total. The van der Waals surface area contributed by atoms with Gasteiger partial charge < -0.3 is 10.6 Å². The molecule has 0 bridgehead atoms. The van der Waals surface area contributed by atoms with Crippen molar-refractivity contribution in [3.63, 3.8) is 0 Å². The van der Waals surface area contributed by atoms with Crippen LogP contribution in [-0.4, -0.2) is 35.6 Å². The third-order valence-electron chi connectivity index (χ3n) is 4.38. The zero-order valence-electron chi connectivity index (χ0n) is 16.1. The number of anilines is 3. The number of nitrogens with one attached hydrogen (secondary N) is 3. The van der Waals surface area contributed by atoms with Gasteiger partial charge in [-0.3, -0.25) is 5.10 Å². The molecule has 4 aromatic rings. The number of hydrogen-bond donors (Lipinski definition) is 3. The van der Waals surface area contributed by atoms with Gasteiger partial charge in [-0.25, -0.2) is 22.2 Å². The smallest absolute Gasteiger partial charge is 0.229 e. The van der Waals surface area contributed by atoms with Gasteiger partial charge in [-0.15, -0.1) is 0 Å². The predicted octanol–water partition coefficient (Wildman–Crippen LogP) is 3.86. The van der Waals surface area contributed by atoms with Gasteiger partial charge in [0.2, 0.25) is 15.8 Å². The van der Waals surface area contributed by atoms with Gasteiger partial charge in [0.05, 0.1) is 11.7 Å². The summed E-state index contributed by atoms with van der Waals surface area (Å²) in [6.45, 7) is 0. The molecule has 0 radical (unpaired) electrons. The largest absolute Gasteiger partial charge is 0.372 e. The van der Waals surface area contributed by atoms with E-state index in [2.05, 4.69) is 30.8 Å². The Balaban J connectivity index is 1.59. The minimum absolute atomic E-state index is 0.289. The van der Waals surface area contributed by atoms with Crippen LogP contribution in [0.1, 0.15) is 5.56 Å². The molecule has 0 aliphatic heterocycles. The highest BCUT2D eigenvalue weighted by molar-refractivity contribution is 7.94. The Hall–Kier alpha value is -3.86. The summed E-state index contributed by atoms with van der Waals surface area (Å²) in [5.74, 6) is -1.38. The minimum Gasteiger partial charge on any atom is -0.372 e. The molecule has 2 aromatic heterocycles. The van der Waals surface area contributed by atoms with E-state index in [1.807, 2.05) is 18.2 Å². The maximum absolute atomic E-state index is 13.8. The molecule has 11 heteroatoms. The first-order valence-corrected chi connectivity index (χ1v) is 10.5. The van der Waals surface area contributed by atoms with Gasteiger partial charge in [0, 0.05) is 41.4 Å². The number of fused-ring (bicyclic) bond motifs is 1. The second kappa shape index (κ2) is 8.11. The third kappa shape index (κ3) is 4.36. The SMILES string of the molecule is CNc1nc(Nc2ccc3[nH]ncc3c2)ncc1/C=C/S(=O)(=O)c1ccc(F)cc1F. The predicted molar refractivity (Wildman–Crippen MR) is 114 cm³/mol. The van der Waals surface area contributed by atoms with Gasteiger partial charge in [0.1, 0.15) is 22.3 Å². The maximum atomic E-state index is 13.8. The molecule has 0 amide bonds. The van der Waals surface area contributed by atoms with Crippen LogP contribution in [0.25, 0.3) is 17.0 Å². The van der Waals surface area contributed by atoms with Gasteiger partial charge in [0.25, 0.3) is 0 Å². The van der Waals surface area contributed by atoms with E-state index in [1.54, 1.807) is 13.2 Å². The molecule has 0 atom stereocenters. The fourth-order valence-corrected chi connectivity index (χ4v) is 3.93. The van der Waals surface area contributed by atoms with Crippen LogP contribution in [0.2, 0.25) is 0 Å². The second-order valence-corrected chi connectivity index (χ2v) is 8.27. The average Bonchev–Trinajstić information content (AvgIpc) is 3.20. The van der Waals surface area contributed by atoms with E-state index in [4.69, 9.17) is 0 Å². The molecule has 0 aliphatic carbocycles. The first kappa shape index (κ1) is 20.4. The van der Waals surface area contributed by atoms with E-state index in [0.29, 0.717) is 17.4 Å². The fraction of sp³-hybridized carbons (Fsp3) is 0.0500. The van der Waals surface area contributed by atoms with Gasteiger partial charge in [0.15, 0.2) is 0 Å². The molecule has 0 aliphatic rings. The Morgan fingerprint density at radius 2 is 1.94 bits per heavy atom. The molecule has 0 fully saturated rings. The van der Waals surface area contributed by atoms with E-state index in [1.165, 1.54) is 12.3 Å². The van der Waals surface area contributed by atoms with Crippen molar-refractivity contribution in [3.8, 4) is 0 Å². The minimum atomic E-state index is -4.13. The van der Waals surface area contributed by atoms with Gasteiger partial charge in [-0.1, -0.05) is 0 Å². The van der Waals surface area contributed by atoms with Crippen molar-refractivity contribution in [2.24, 2.45) is 0 Å². The third-order valence-corrected chi connectivity index (χ3v) is 5.82. The summed E-state index contributed by atoms with van der Waals surface area (Å²) in [5, 5.41) is 14.5. The summed E-state index contributed by atoms with van der Waals surface area (Å²) < 4.78 is 51.7. The molecule has 0 spiro atoms. The number of aromatic amines is 1. The van der Waals surface area contributed by atoms with E-state index in [0.717, 1.165) is 34.1 Å². The van der Waals surface area contributed by atoms with E-state index >= 15 is 0 Å². The zero-order chi connectivity index (χ0) is 22.0. The van der Waals surface area contributed by atoms with Crippen molar-refractivity contribution in [1.82, 2.24) is 20.2 Å². The lowest BCUT2D eigenvalue weighted by Crippen LogP contribution is -2.03. The summed E-state index contributed by atoms with van der Waals surface area (Å²) in [6, 6.07) is 7.85. The van der Waals surface area contributed by atoms with E-state index in [-0.39, 0.29) is 5.95 Å². The van der Waals surface area contributed by atoms with Crippen molar-refractivity contribution >= 4 is 44.3 Å². The first-order chi connectivity index (χ1) is 14.9. The number of nitrogens with zero attached hydrogens (tertiary/aromatic N) is 3. The van der Waals surface area contributed by atoms with E-state index in [9.17, 15) is 17.2 Å². The summed E-state index contributed by atoms with van der Waals surface area (Å²) >= 11 is 0. The molecule has 31 heavy (non-hydrogen) atoms. The van der Waals surface area contributed by atoms with Crippen LogP contribution in [0.15, 0.2) is 59.1 Å². The Morgan fingerprint density at radius 1 is 1.10 bits per heavy atom. The molecule has 158 valence electrons. The monoisotopic (exact) mass is 442 g/mol. The Labute approximate surface area is 176 Å². The lowest BCUT2D eigenvalue weighted by Gasteiger charge is -2.09. The standard InChI is InChI=1S/C20H16F2N6O2S/c1-23-19-12(6-7-31(29,30)18-5-2-14(21)9-16(18)22)10-24-20(27-19)26-15-3-4-17-13(8-15)11-25-28-17/h2-11H,1H3,(H,25,28)(H2,23,24,26,27)/b7-6+. The van der Waals surface area contributed by atoms with Gasteiger partial charge >= 0.3 is 0 Å². The summed E-state index contributed by atoms with van der Waals surface area (Å²) in [4.78, 5) is 7.91. The second-order valence-electron chi connectivity index (χ2n) is 6.47. The van der Waals surface area contributed by atoms with Crippen LogP contribution in [0.5, 0.6) is 0 Å². The summed E-state index contributed by atoms with van der Waals surface area (Å²) in [6.07, 6.45) is 4.36. The van der Waals surface area contributed by atoms with Crippen molar-refractivity contribution in [3.05, 3.63) is 71.4 Å². The number of H-pyrrole nitrogens is 1. The van der Waals surface area contributed by atoms with Crippen LogP contribution in [0, 0.1) is 11.6 Å². The summed E-state index contributed by atoms with van der Waals surface area (Å²) in [5.41, 5.74) is 2.00. The molecule has 2 heterocycles. The normalized spacial score (nSPS) is 11.8.